The largest absolute Gasteiger partial charge is 0.368 e. The fourth-order valence-corrected chi connectivity index (χ4v) is 3.49. The minimum atomic E-state index is -1.22. The number of nitrogens with one attached hydrogen (secondary N) is 2. The van der Waals surface area contributed by atoms with Crippen molar-refractivity contribution >= 4 is 41.1 Å². The van der Waals surface area contributed by atoms with Gasteiger partial charge in [0.2, 0.25) is 11.9 Å². The number of benzene rings is 2. The van der Waals surface area contributed by atoms with E-state index in [2.05, 4.69) is 25.6 Å². The summed E-state index contributed by atoms with van der Waals surface area (Å²) in [4.78, 5) is 39.3. The Morgan fingerprint density at radius 1 is 1.10 bits per heavy atom. The van der Waals surface area contributed by atoms with Gasteiger partial charge in [0.05, 0.1) is 6.54 Å². The number of nitrogens with two attached hydrogens (primary N) is 1. The number of nitrogen functional groups attached to an aromatic ring is 1. The van der Waals surface area contributed by atoms with Crippen LogP contribution in [-0.4, -0.2) is 31.8 Å². The van der Waals surface area contributed by atoms with Crippen LogP contribution in [0.4, 0.5) is 22.4 Å². The van der Waals surface area contributed by atoms with E-state index >= 15 is 0 Å². The Morgan fingerprint density at radius 3 is 2.52 bits per heavy atom. The molecule has 0 spiro atoms. The normalized spacial score (nSPS) is 18.2. The number of urea groups is 1. The first-order valence-corrected chi connectivity index (χ1v) is 9.87. The highest BCUT2D eigenvalue weighted by atomic mass is 35.5. The van der Waals surface area contributed by atoms with Crippen LogP contribution in [-0.2, 0) is 16.9 Å². The Morgan fingerprint density at radius 2 is 1.81 bits per heavy atom. The number of aromatic nitrogens is 3. The second-order valence-electron chi connectivity index (χ2n) is 7.33. The molecule has 0 radical (unpaired) electrons. The summed E-state index contributed by atoms with van der Waals surface area (Å²) in [5.41, 5.74) is 7.04. The first kappa shape index (κ1) is 20.5. The molecule has 4 rings (SSSR count). The number of nitrogens with zero attached hydrogens (tertiary/aromatic N) is 4. The van der Waals surface area contributed by atoms with Crippen LogP contribution >= 0.6 is 11.6 Å². The molecule has 158 valence electrons. The fraction of sp³-hybridized carbons (Fsp3) is 0.190. The molecule has 1 aromatic heterocycles. The van der Waals surface area contributed by atoms with E-state index in [1.165, 1.54) is 0 Å². The molecule has 1 fully saturated rings. The maximum atomic E-state index is 13.1. The first-order valence-electron chi connectivity index (χ1n) is 9.49. The summed E-state index contributed by atoms with van der Waals surface area (Å²) in [6.45, 7) is 3.44. The van der Waals surface area contributed by atoms with Crippen LogP contribution in [0.1, 0.15) is 23.9 Å². The Bertz CT molecular complexity index is 1170. The molecular weight excluding hydrogens is 418 g/mol. The molecule has 2 heterocycles. The zero-order valence-corrected chi connectivity index (χ0v) is 17.6. The molecule has 3 aromatic rings. The second kappa shape index (κ2) is 7.84. The third-order valence-corrected chi connectivity index (χ3v) is 5.34. The molecule has 0 bridgehead atoms. The van der Waals surface area contributed by atoms with Crippen LogP contribution in [0.15, 0.2) is 48.5 Å². The summed E-state index contributed by atoms with van der Waals surface area (Å²) in [5.74, 6) is -0.0300. The lowest BCUT2D eigenvalue weighted by molar-refractivity contribution is -0.131. The second-order valence-corrected chi connectivity index (χ2v) is 7.76. The summed E-state index contributed by atoms with van der Waals surface area (Å²) >= 11 is 5.94. The molecule has 1 aliphatic heterocycles. The van der Waals surface area contributed by atoms with Gasteiger partial charge in [-0.1, -0.05) is 41.9 Å². The molecule has 4 N–H and O–H groups in total. The molecule has 0 aliphatic carbocycles. The average molecular weight is 438 g/mol. The zero-order valence-electron chi connectivity index (χ0n) is 16.9. The van der Waals surface area contributed by atoms with Gasteiger partial charge in [-0.3, -0.25) is 9.69 Å². The van der Waals surface area contributed by atoms with E-state index in [4.69, 9.17) is 17.3 Å². The summed E-state index contributed by atoms with van der Waals surface area (Å²) < 4.78 is 0. The number of carbonyl (C=O) groups is 2. The number of hydrogen-bond donors (Lipinski definition) is 3. The number of para-hydroxylation sites is 1. The van der Waals surface area contributed by atoms with E-state index < -0.39 is 17.5 Å². The Hall–Kier alpha value is -3.72. The Labute approximate surface area is 183 Å². The highest BCUT2D eigenvalue weighted by Crippen LogP contribution is 2.30. The quantitative estimate of drug-likeness (QED) is 0.523. The fourth-order valence-electron chi connectivity index (χ4n) is 3.36. The summed E-state index contributed by atoms with van der Waals surface area (Å²) in [6.07, 6.45) is 0. The molecule has 1 atom stereocenters. The van der Waals surface area contributed by atoms with Gasteiger partial charge in [-0.25, -0.2) is 4.79 Å². The number of aryl methyl sites for hydroxylation is 1. The van der Waals surface area contributed by atoms with Crippen molar-refractivity contribution in [1.29, 1.82) is 0 Å². The van der Waals surface area contributed by atoms with E-state index in [0.29, 0.717) is 10.6 Å². The van der Waals surface area contributed by atoms with E-state index in [-0.39, 0.29) is 24.3 Å². The lowest BCUT2D eigenvalue weighted by Gasteiger charge is -2.22. The summed E-state index contributed by atoms with van der Waals surface area (Å²) in [5, 5.41) is 6.37. The van der Waals surface area contributed by atoms with E-state index in [0.717, 1.165) is 16.2 Å². The highest BCUT2D eigenvalue weighted by Gasteiger charge is 2.49. The lowest BCUT2D eigenvalue weighted by Crippen LogP contribution is -2.40. The van der Waals surface area contributed by atoms with Crippen LogP contribution in [0.2, 0.25) is 5.02 Å². The van der Waals surface area contributed by atoms with Crippen molar-refractivity contribution in [2.24, 2.45) is 0 Å². The standard InChI is InChI=1S/C21H20ClN7O2/c1-12-5-3-4-6-15(12)24-19-26-16(25-18(23)27-19)11-29-17(30)21(2,28-20(29)31)13-7-9-14(22)10-8-13/h3-10H,11H2,1-2H3,(H,28,31)(H3,23,24,25,26,27)/t21-/m0/s1. The number of amides is 3. The van der Waals surface area contributed by atoms with Crippen LogP contribution in [0.25, 0.3) is 0 Å². The van der Waals surface area contributed by atoms with Gasteiger partial charge >= 0.3 is 6.03 Å². The van der Waals surface area contributed by atoms with Crippen molar-refractivity contribution < 1.29 is 9.59 Å². The summed E-state index contributed by atoms with van der Waals surface area (Å²) in [7, 11) is 0. The van der Waals surface area contributed by atoms with Crippen molar-refractivity contribution in [1.82, 2.24) is 25.2 Å². The van der Waals surface area contributed by atoms with Crippen LogP contribution in [0.3, 0.4) is 0 Å². The Balaban J connectivity index is 1.58. The van der Waals surface area contributed by atoms with Gasteiger partial charge in [-0.2, -0.15) is 15.0 Å². The van der Waals surface area contributed by atoms with E-state index in [1.807, 2.05) is 31.2 Å². The smallest absolute Gasteiger partial charge is 0.325 e. The molecule has 1 aliphatic rings. The van der Waals surface area contributed by atoms with Crippen LogP contribution < -0.4 is 16.4 Å². The number of rotatable bonds is 5. The average Bonchev–Trinajstić information content (AvgIpc) is 2.94. The van der Waals surface area contributed by atoms with Gasteiger partial charge < -0.3 is 16.4 Å². The highest BCUT2D eigenvalue weighted by molar-refractivity contribution is 6.30. The molecule has 0 unspecified atom stereocenters. The van der Waals surface area contributed by atoms with E-state index in [9.17, 15) is 9.59 Å². The molecule has 3 amide bonds. The minimum Gasteiger partial charge on any atom is -0.368 e. The van der Waals surface area contributed by atoms with Crippen molar-refractivity contribution in [2.45, 2.75) is 25.9 Å². The third kappa shape index (κ3) is 3.99. The SMILES string of the molecule is Cc1ccccc1Nc1nc(N)nc(CN2C(=O)N[C@@](C)(c3ccc(Cl)cc3)C2=O)n1. The molecule has 10 heteroatoms. The first-order chi connectivity index (χ1) is 14.8. The number of hydrogen-bond acceptors (Lipinski definition) is 7. The number of anilines is 3. The summed E-state index contributed by atoms with van der Waals surface area (Å²) in [6, 6.07) is 13.8. The van der Waals surface area contributed by atoms with Gasteiger partial charge in [0.15, 0.2) is 5.82 Å². The monoisotopic (exact) mass is 437 g/mol. The lowest BCUT2D eigenvalue weighted by atomic mass is 9.92. The van der Waals surface area contributed by atoms with Gasteiger partial charge in [-0.15, -0.1) is 0 Å². The van der Waals surface area contributed by atoms with Crippen molar-refractivity contribution in [3.63, 3.8) is 0 Å². The number of imide groups is 1. The van der Waals surface area contributed by atoms with Crippen LogP contribution in [0, 0.1) is 6.92 Å². The van der Waals surface area contributed by atoms with Crippen molar-refractivity contribution in [3.8, 4) is 0 Å². The predicted molar refractivity (Wildman–Crippen MR) is 117 cm³/mol. The topological polar surface area (TPSA) is 126 Å². The molecule has 9 nitrogen and oxygen atoms in total. The number of halogens is 1. The third-order valence-electron chi connectivity index (χ3n) is 5.09. The molecular formula is C21H20ClN7O2. The van der Waals surface area contributed by atoms with Gasteiger partial charge in [0.1, 0.15) is 5.54 Å². The van der Waals surface area contributed by atoms with Gasteiger partial charge in [-0.05, 0) is 43.2 Å². The van der Waals surface area contributed by atoms with Gasteiger partial charge in [0, 0.05) is 10.7 Å². The van der Waals surface area contributed by atoms with Crippen molar-refractivity contribution in [3.05, 3.63) is 70.5 Å². The molecule has 2 aromatic carbocycles. The zero-order chi connectivity index (χ0) is 22.2. The molecule has 1 saturated heterocycles. The Kier molecular flexibility index (Phi) is 5.20. The maximum absolute atomic E-state index is 13.1. The van der Waals surface area contributed by atoms with Gasteiger partial charge in [0.25, 0.3) is 5.91 Å². The predicted octanol–water partition coefficient (Wildman–Crippen LogP) is 3.13. The van der Waals surface area contributed by atoms with Crippen LogP contribution in [0.5, 0.6) is 0 Å². The van der Waals surface area contributed by atoms with E-state index in [1.54, 1.807) is 31.2 Å². The maximum Gasteiger partial charge on any atom is 0.325 e. The number of carbonyl (C=O) groups excluding carboxylic acids is 2. The molecule has 31 heavy (non-hydrogen) atoms. The molecule has 0 saturated carbocycles. The van der Waals surface area contributed by atoms with Crippen molar-refractivity contribution in [2.75, 3.05) is 11.1 Å². The minimum absolute atomic E-state index is 0.0198.